The number of aromatic amines is 1. The number of hydrogen-bond donors (Lipinski definition) is 4. The summed E-state index contributed by atoms with van der Waals surface area (Å²) < 4.78 is 1.51. The number of phenols is 3. The molecule has 1 aromatic heterocycles. The maximum Gasteiger partial charge on any atom is 0.202 e. The minimum Gasteiger partial charge on any atom is -0.507 e. The molecule has 5 rings (SSSR count). The van der Waals surface area contributed by atoms with E-state index in [4.69, 9.17) is 0 Å². The summed E-state index contributed by atoms with van der Waals surface area (Å²) in [6.45, 7) is 0. The van der Waals surface area contributed by atoms with Crippen LogP contribution in [0.2, 0.25) is 0 Å². The van der Waals surface area contributed by atoms with Gasteiger partial charge in [0.2, 0.25) is 10.9 Å². The summed E-state index contributed by atoms with van der Waals surface area (Å²) in [5.41, 5.74) is -0.168. The third-order valence-corrected chi connectivity index (χ3v) is 5.82. The Labute approximate surface area is 154 Å². The van der Waals surface area contributed by atoms with Gasteiger partial charge in [0.05, 0.1) is 42.0 Å². The number of aromatic nitrogens is 1. The molecule has 0 saturated carbocycles. The van der Waals surface area contributed by atoms with Crippen LogP contribution in [-0.4, -0.2) is 20.3 Å². The van der Waals surface area contributed by atoms with Crippen molar-refractivity contribution in [3.63, 3.8) is 0 Å². The Morgan fingerprint density at radius 1 is 0.704 bits per heavy atom. The van der Waals surface area contributed by atoms with Crippen molar-refractivity contribution in [3.05, 3.63) is 62.9 Å². The highest BCUT2D eigenvalue weighted by atomic mass is 32.1. The van der Waals surface area contributed by atoms with Gasteiger partial charge in [-0.3, -0.25) is 9.59 Å². The molecule has 0 radical (unpaired) electrons. The van der Waals surface area contributed by atoms with Crippen LogP contribution in [0.15, 0.2) is 52.1 Å². The summed E-state index contributed by atoms with van der Waals surface area (Å²) in [7, 11) is 0. The molecule has 6 nitrogen and oxygen atoms in total. The van der Waals surface area contributed by atoms with Crippen LogP contribution in [0.1, 0.15) is 0 Å². The zero-order chi connectivity index (χ0) is 18.9. The van der Waals surface area contributed by atoms with Crippen molar-refractivity contribution in [1.82, 2.24) is 4.98 Å². The second kappa shape index (κ2) is 5.21. The van der Waals surface area contributed by atoms with E-state index in [-0.39, 0.29) is 27.3 Å². The van der Waals surface area contributed by atoms with Crippen molar-refractivity contribution in [2.75, 3.05) is 0 Å². The monoisotopic (exact) mass is 377 g/mol. The summed E-state index contributed by atoms with van der Waals surface area (Å²) in [4.78, 5) is 29.3. The van der Waals surface area contributed by atoms with Crippen LogP contribution < -0.4 is 10.9 Å². The van der Waals surface area contributed by atoms with E-state index >= 15 is 0 Å². The maximum atomic E-state index is 13.2. The van der Waals surface area contributed by atoms with Crippen molar-refractivity contribution in [2.24, 2.45) is 0 Å². The highest BCUT2D eigenvalue weighted by molar-refractivity contribution is 7.24. The first kappa shape index (κ1) is 15.7. The minimum absolute atomic E-state index is 0.00889. The van der Waals surface area contributed by atoms with Crippen molar-refractivity contribution < 1.29 is 15.3 Å². The smallest absolute Gasteiger partial charge is 0.202 e. The Bertz CT molecular complexity index is 1550. The van der Waals surface area contributed by atoms with Crippen LogP contribution in [0.3, 0.4) is 0 Å². The number of benzene rings is 4. The minimum atomic E-state index is -0.709. The van der Waals surface area contributed by atoms with Gasteiger partial charge in [-0.1, -0.05) is 12.1 Å². The molecule has 4 aromatic carbocycles. The van der Waals surface area contributed by atoms with Crippen molar-refractivity contribution >= 4 is 53.3 Å². The molecule has 5 aromatic rings. The molecule has 0 amide bonds. The van der Waals surface area contributed by atoms with Gasteiger partial charge in [0.25, 0.3) is 0 Å². The molecule has 4 N–H and O–H groups in total. The van der Waals surface area contributed by atoms with E-state index < -0.39 is 22.4 Å². The van der Waals surface area contributed by atoms with Crippen molar-refractivity contribution in [2.45, 2.75) is 0 Å². The van der Waals surface area contributed by atoms with Gasteiger partial charge in [0, 0.05) is 6.07 Å². The molecule has 0 aliphatic rings. The van der Waals surface area contributed by atoms with Crippen LogP contribution in [0.5, 0.6) is 17.2 Å². The van der Waals surface area contributed by atoms with E-state index in [0.717, 1.165) is 22.3 Å². The van der Waals surface area contributed by atoms with Gasteiger partial charge in [-0.25, -0.2) is 0 Å². The molecule has 0 aliphatic carbocycles. The van der Waals surface area contributed by atoms with E-state index in [1.165, 1.54) is 17.4 Å². The first-order chi connectivity index (χ1) is 13.0. The number of H-pyrrole nitrogens is 1. The van der Waals surface area contributed by atoms with E-state index in [9.17, 15) is 24.9 Å². The molecule has 7 heteroatoms. The Balaban J connectivity index is 2.18. The van der Waals surface area contributed by atoms with E-state index in [1.807, 2.05) is 24.3 Å². The summed E-state index contributed by atoms with van der Waals surface area (Å²) in [5, 5.41) is 30.0. The zero-order valence-corrected chi connectivity index (χ0v) is 14.4. The highest BCUT2D eigenvalue weighted by Crippen LogP contribution is 2.36. The molecule has 0 saturated heterocycles. The molecule has 1 heterocycles. The average molecular weight is 377 g/mol. The molecule has 0 spiro atoms. The van der Waals surface area contributed by atoms with Gasteiger partial charge >= 0.3 is 0 Å². The lowest BCUT2D eigenvalue weighted by Gasteiger charge is -2.10. The second-order valence-corrected chi connectivity index (χ2v) is 7.34. The number of nitrogens with one attached hydrogen (secondary N) is 1. The van der Waals surface area contributed by atoms with Crippen LogP contribution in [0.4, 0.5) is 0 Å². The average Bonchev–Trinajstić information content (AvgIpc) is 2.65. The van der Waals surface area contributed by atoms with E-state index in [2.05, 4.69) is 4.98 Å². The molecule has 132 valence electrons. The third kappa shape index (κ3) is 2.00. The highest BCUT2D eigenvalue weighted by Gasteiger charge is 2.21. The number of hydrogen-bond acceptors (Lipinski definition) is 6. The first-order valence-electron chi connectivity index (χ1n) is 8.05. The Hall–Kier alpha value is -3.58. The number of rotatable bonds is 0. The predicted molar refractivity (Wildman–Crippen MR) is 106 cm³/mol. The van der Waals surface area contributed by atoms with Gasteiger partial charge in [-0.2, -0.15) is 0 Å². The third-order valence-electron chi connectivity index (χ3n) is 4.71. The molecule has 27 heavy (non-hydrogen) atoms. The van der Waals surface area contributed by atoms with Crippen LogP contribution >= 0.6 is 11.3 Å². The normalized spacial score (nSPS) is 11.7. The Morgan fingerprint density at radius 2 is 1.30 bits per heavy atom. The maximum absolute atomic E-state index is 13.2. The van der Waals surface area contributed by atoms with Crippen LogP contribution in [0, 0.1) is 0 Å². The SMILES string of the molecule is O=c1c2c(O)ccc(O)c2c(=O)c2c1c(O)cc1sc3ccccc3[nH]c12. The molecule has 0 aliphatic heterocycles. The molecular formula is C20H11NO5S. The van der Waals surface area contributed by atoms with E-state index in [0.29, 0.717) is 10.2 Å². The molecule has 0 fully saturated rings. The van der Waals surface area contributed by atoms with Crippen LogP contribution in [-0.2, 0) is 0 Å². The van der Waals surface area contributed by atoms with E-state index in [1.54, 1.807) is 0 Å². The lowest BCUT2D eigenvalue weighted by atomic mass is 9.99. The molecular weight excluding hydrogens is 366 g/mol. The van der Waals surface area contributed by atoms with Gasteiger partial charge in [-0.05, 0) is 24.3 Å². The molecule has 0 unspecified atom stereocenters. The lowest BCUT2D eigenvalue weighted by molar-refractivity contribution is 0.469. The topological polar surface area (TPSA) is 111 Å². The first-order valence-corrected chi connectivity index (χ1v) is 8.87. The largest absolute Gasteiger partial charge is 0.507 e. The fourth-order valence-electron chi connectivity index (χ4n) is 3.51. The second-order valence-electron chi connectivity index (χ2n) is 6.25. The molecule has 0 atom stereocenters. The van der Waals surface area contributed by atoms with Gasteiger partial charge < -0.3 is 20.3 Å². The van der Waals surface area contributed by atoms with Crippen molar-refractivity contribution in [1.29, 1.82) is 0 Å². The van der Waals surface area contributed by atoms with Gasteiger partial charge in [-0.15, -0.1) is 11.3 Å². The summed E-state index contributed by atoms with van der Waals surface area (Å²) in [5.74, 6) is -1.16. The van der Waals surface area contributed by atoms with Gasteiger partial charge in [0.15, 0.2) is 0 Å². The Kier molecular flexibility index (Phi) is 3.02. The lowest BCUT2D eigenvalue weighted by Crippen LogP contribution is -2.14. The number of aromatic hydroxyl groups is 3. The fourth-order valence-corrected chi connectivity index (χ4v) is 4.55. The molecule has 0 bridgehead atoms. The fraction of sp³-hybridized carbons (Fsp3) is 0. The number of para-hydroxylation sites is 1. The zero-order valence-electron chi connectivity index (χ0n) is 13.6. The van der Waals surface area contributed by atoms with Crippen LogP contribution in [0.25, 0.3) is 42.0 Å². The standard InChI is InChI=1S/C20H11NO5S/c22-9-5-6-10(23)15-14(9)19(25)16-11(24)7-13-18(17(16)20(15)26)21-8-3-1-2-4-12(8)27-13/h1-7,21-24H. The number of fused-ring (bicyclic) bond motifs is 5. The predicted octanol–water partition coefficient (Wildman–Crippen LogP) is 3.53. The summed E-state index contributed by atoms with van der Waals surface area (Å²) in [6, 6.07) is 11.2. The summed E-state index contributed by atoms with van der Waals surface area (Å²) >= 11 is 1.36. The summed E-state index contributed by atoms with van der Waals surface area (Å²) in [6.07, 6.45) is 0. The number of phenolic OH excluding ortho intramolecular Hbond substituents is 3. The Morgan fingerprint density at radius 3 is 2.00 bits per heavy atom. The quantitative estimate of drug-likeness (QED) is 0.187. The van der Waals surface area contributed by atoms with Crippen molar-refractivity contribution in [3.8, 4) is 17.2 Å². The van der Waals surface area contributed by atoms with Gasteiger partial charge in [0.1, 0.15) is 17.2 Å².